The number of carbonyl (C=O) groups is 2. The van der Waals surface area contributed by atoms with Gasteiger partial charge in [0.15, 0.2) is 0 Å². The van der Waals surface area contributed by atoms with Gasteiger partial charge >= 0.3 is 12.1 Å². The van der Waals surface area contributed by atoms with Gasteiger partial charge in [0.1, 0.15) is 5.60 Å². The third-order valence-corrected chi connectivity index (χ3v) is 3.43. The summed E-state index contributed by atoms with van der Waals surface area (Å²) in [7, 11) is 0. The molecule has 0 aromatic heterocycles. The van der Waals surface area contributed by atoms with Crippen LogP contribution in [0.2, 0.25) is 0 Å². The van der Waals surface area contributed by atoms with E-state index in [9.17, 15) is 9.59 Å². The smallest absolute Gasteiger partial charge is 0.410 e. The van der Waals surface area contributed by atoms with Crippen LogP contribution in [0.4, 0.5) is 4.79 Å². The lowest BCUT2D eigenvalue weighted by Crippen LogP contribution is -2.42. The van der Waals surface area contributed by atoms with Crippen LogP contribution >= 0.6 is 0 Å². The molecular weight excluding hydrogens is 306 g/mol. The highest BCUT2D eigenvalue weighted by molar-refractivity contribution is 5.70. The van der Waals surface area contributed by atoms with Gasteiger partial charge in [-0.1, -0.05) is 30.3 Å². The van der Waals surface area contributed by atoms with E-state index in [4.69, 9.17) is 9.47 Å². The van der Waals surface area contributed by atoms with Crippen molar-refractivity contribution >= 4 is 12.1 Å². The molecule has 0 aliphatic rings. The average molecular weight is 335 g/mol. The Labute approximate surface area is 144 Å². The number of hydrogen-bond donors (Lipinski definition) is 0. The monoisotopic (exact) mass is 335 g/mol. The fourth-order valence-electron chi connectivity index (χ4n) is 2.22. The van der Waals surface area contributed by atoms with Gasteiger partial charge in [-0.2, -0.15) is 0 Å². The van der Waals surface area contributed by atoms with Gasteiger partial charge in [-0.25, -0.2) is 4.79 Å². The van der Waals surface area contributed by atoms with Gasteiger partial charge in [-0.15, -0.1) is 0 Å². The number of carbonyl (C=O) groups excluding carboxylic acids is 2. The number of amides is 1. The maximum absolute atomic E-state index is 12.6. The predicted octanol–water partition coefficient (Wildman–Crippen LogP) is 4.16. The van der Waals surface area contributed by atoms with Crippen LogP contribution < -0.4 is 0 Å². The second-order valence-electron chi connectivity index (χ2n) is 6.79. The standard InChI is InChI=1S/C19H29NO4/c1-6-23-17(21)13-12-15(2)20(18(22)24-19(3,4)5)14-16-10-8-7-9-11-16/h7-11,15H,6,12-14H2,1-5H3. The topological polar surface area (TPSA) is 55.8 Å². The third-order valence-electron chi connectivity index (χ3n) is 3.43. The molecule has 24 heavy (non-hydrogen) atoms. The molecule has 0 radical (unpaired) electrons. The van der Waals surface area contributed by atoms with E-state index < -0.39 is 5.60 Å². The van der Waals surface area contributed by atoms with Crippen LogP contribution in [0.3, 0.4) is 0 Å². The van der Waals surface area contributed by atoms with E-state index in [-0.39, 0.29) is 24.5 Å². The maximum atomic E-state index is 12.6. The van der Waals surface area contributed by atoms with Crippen molar-refractivity contribution in [1.82, 2.24) is 4.90 Å². The second kappa shape index (κ2) is 9.30. The Morgan fingerprint density at radius 2 is 1.79 bits per heavy atom. The molecule has 0 saturated heterocycles. The molecule has 134 valence electrons. The highest BCUT2D eigenvalue weighted by Gasteiger charge is 2.26. The summed E-state index contributed by atoms with van der Waals surface area (Å²) in [6.45, 7) is 10.0. The molecule has 1 rings (SSSR count). The van der Waals surface area contributed by atoms with Gasteiger partial charge in [-0.05, 0) is 46.6 Å². The summed E-state index contributed by atoms with van der Waals surface area (Å²) in [4.78, 5) is 25.8. The fraction of sp³-hybridized carbons (Fsp3) is 0.579. The van der Waals surface area contributed by atoms with Gasteiger partial charge in [0.05, 0.1) is 6.61 Å². The van der Waals surface area contributed by atoms with Gasteiger partial charge < -0.3 is 14.4 Å². The molecule has 1 unspecified atom stereocenters. The zero-order valence-electron chi connectivity index (χ0n) is 15.4. The second-order valence-corrected chi connectivity index (χ2v) is 6.79. The number of rotatable bonds is 7. The van der Waals surface area contributed by atoms with Crippen molar-refractivity contribution in [2.24, 2.45) is 0 Å². The minimum atomic E-state index is -0.563. The van der Waals surface area contributed by atoms with E-state index in [1.165, 1.54) is 0 Å². The highest BCUT2D eigenvalue weighted by Crippen LogP contribution is 2.17. The van der Waals surface area contributed by atoms with Crippen molar-refractivity contribution in [1.29, 1.82) is 0 Å². The summed E-state index contributed by atoms with van der Waals surface area (Å²) >= 11 is 0. The van der Waals surface area contributed by atoms with Crippen LogP contribution in [0, 0.1) is 0 Å². The van der Waals surface area contributed by atoms with E-state index in [0.717, 1.165) is 5.56 Å². The summed E-state index contributed by atoms with van der Waals surface area (Å²) in [6, 6.07) is 9.61. The molecule has 0 aliphatic heterocycles. The summed E-state index contributed by atoms with van der Waals surface area (Å²) in [6.07, 6.45) is 0.441. The summed E-state index contributed by atoms with van der Waals surface area (Å²) < 4.78 is 10.5. The Hall–Kier alpha value is -2.04. The van der Waals surface area contributed by atoms with Gasteiger partial charge in [0, 0.05) is 19.0 Å². The molecule has 0 spiro atoms. The van der Waals surface area contributed by atoms with Crippen LogP contribution in [0.5, 0.6) is 0 Å². The normalized spacial score (nSPS) is 12.4. The Morgan fingerprint density at radius 1 is 1.17 bits per heavy atom. The summed E-state index contributed by atoms with van der Waals surface area (Å²) in [5.74, 6) is -0.242. The molecule has 0 fully saturated rings. The Morgan fingerprint density at radius 3 is 2.33 bits per heavy atom. The van der Waals surface area contributed by atoms with E-state index >= 15 is 0 Å². The molecule has 0 heterocycles. The van der Waals surface area contributed by atoms with Crippen molar-refractivity contribution in [2.75, 3.05) is 6.61 Å². The molecule has 1 amide bonds. The molecule has 1 atom stereocenters. The van der Waals surface area contributed by atoms with Gasteiger partial charge in [0.25, 0.3) is 0 Å². The quantitative estimate of drug-likeness (QED) is 0.702. The number of nitrogens with zero attached hydrogens (tertiary/aromatic N) is 1. The van der Waals surface area contributed by atoms with Gasteiger partial charge in [-0.3, -0.25) is 4.79 Å². The first-order valence-corrected chi connectivity index (χ1v) is 8.42. The number of ether oxygens (including phenoxy) is 2. The number of hydrogen-bond acceptors (Lipinski definition) is 4. The van der Waals surface area contributed by atoms with Crippen LogP contribution in [-0.2, 0) is 20.8 Å². The van der Waals surface area contributed by atoms with E-state index in [1.807, 2.05) is 58.0 Å². The van der Waals surface area contributed by atoms with Crippen molar-refractivity contribution in [2.45, 2.75) is 65.6 Å². The minimum absolute atomic E-state index is 0.135. The average Bonchev–Trinajstić information content (AvgIpc) is 2.50. The first-order valence-electron chi connectivity index (χ1n) is 8.42. The molecule has 1 aromatic rings. The zero-order valence-corrected chi connectivity index (χ0v) is 15.4. The van der Waals surface area contributed by atoms with E-state index in [2.05, 4.69) is 0 Å². The number of esters is 1. The first kappa shape index (κ1) is 20.0. The first-order chi connectivity index (χ1) is 11.2. The molecule has 0 bridgehead atoms. The lowest BCUT2D eigenvalue weighted by atomic mass is 10.1. The van der Waals surface area contributed by atoms with Gasteiger partial charge in [0.2, 0.25) is 0 Å². The van der Waals surface area contributed by atoms with Crippen LogP contribution in [0.1, 0.15) is 53.0 Å². The SMILES string of the molecule is CCOC(=O)CCC(C)N(Cc1ccccc1)C(=O)OC(C)(C)C. The van der Waals surface area contributed by atoms with Crippen molar-refractivity contribution in [3.63, 3.8) is 0 Å². The molecule has 5 nitrogen and oxygen atoms in total. The minimum Gasteiger partial charge on any atom is -0.466 e. The van der Waals surface area contributed by atoms with Crippen LogP contribution in [0.25, 0.3) is 0 Å². The molecular formula is C19H29NO4. The van der Waals surface area contributed by atoms with E-state index in [1.54, 1.807) is 11.8 Å². The summed E-state index contributed by atoms with van der Waals surface area (Å²) in [5.41, 5.74) is 0.457. The zero-order chi connectivity index (χ0) is 18.2. The molecule has 0 aliphatic carbocycles. The lowest BCUT2D eigenvalue weighted by molar-refractivity contribution is -0.143. The summed E-state index contributed by atoms with van der Waals surface area (Å²) in [5, 5.41) is 0. The Kier molecular flexibility index (Phi) is 7.75. The number of benzene rings is 1. The van der Waals surface area contributed by atoms with Crippen molar-refractivity contribution in [3.8, 4) is 0 Å². The molecule has 1 aromatic carbocycles. The third kappa shape index (κ3) is 7.49. The Bertz CT molecular complexity index is 522. The molecule has 0 N–H and O–H groups in total. The molecule has 0 saturated carbocycles. The van der Waals surface area contributed by atoms with E-state index in [0.29, 0.717) is 19.6 Å². The van der Waals surface area contributed by atoms with Crippen LogP contribution in [0.15, 0.2) is 30.3 Å². The predicted molar refractivity (Wildman–Crippen MR) is 93.5 cm³/mol. The van der Waals surface area contributed by atoms with Crippen molar-refractivity contribution < 1.29 is 19.1 Å². The van der Waals surface area contributed by atoms with Crippen molar-refractivity contribution in [3.05, 3.63) is 35.9 Å². The van der Waals surface area contributed by atoms with Crippen LogP contribution in [-0.4, -0.2) is 35.2 Å². The lowest BCUT2D eigenvalue weighted by Gasteiger charge is -2.31. The Balaban J connectivity index is 2.79. The largest absolute Gasteiger partial charge is 0.466 e. The maximum Gasteiger partial charge on any atom is 0.410 e. The highest BCUT2D eigenvalue weighted by atomic mass is 16.6. The fourth-order valence-corrected chi connectivity index (χ4v) is 2.22. The molecule has 5 heteroatoms.